The molecule has 0 aliphatic heterocycles. The minimum absolute atomic E-state index is 0.0500. The van der Waals surface area contributed by atoms with Crippen LogP contribution in [0, 0.1) is 5.82 Å². The minimum Gasteiger partial charge on any atom is -0.443 e. The Kier molecular flexibility index (Phi) is 5.62. The van der Waals surface area contributed by atoms with Crippen molar-refractivity contribution in [2.45, 2.75) is 39.3 Å². The molecule has 4 nitrogen and oxygen atoms in total. The first-order chi connectivity index (χ1) is 9.10. The highest BCUT2D eigenvalue weighted by atomic mass is 35.5. The standard InChI is InChI=1S/C13H17Cl2FN2O2/c1-7(17-18-12(19)20-13(2,3)4)8-5-11(16)10(15)6-9(8)14/h5-7,17H,1-4H3,(H,18,19). The summed E-state index contributed by atoms with van der Waals surface area (Å²) < 4.78 is 18.5. The molecule has 1 aromatic rings. The van der Waals surface area contributed by atoms with Crippen LogP contribution in [0.1, 0.15) is 39.3 Å². The fourth-order valence-electron chi connectivity index (χ4n) is 1.42. The van der Waals surface area contributed by atoms with Crippen LogP contribution in [-0.4, -0.2) is 11.7 Å². The first kappa shape index (κ1) is 17.0. The maximum Gasteiger partial charge on any atom is 0.422 e. The number of carbonyl (C=O) groups is 1. The normalized spacial score (nSPS) is 12.9. The molecule has 0 bridgehead atoms. The molecule has 1 unspecified atom stereocenters. The summed E-state index contributed by atoms with van der Waals surface area (Å²) in [5, 5.41) is 0.258. The number of benzene rings is 1. The zero-order chi connectivity index (χ0) is 15.5. The van der Waals surface area contributed by atoms with Gasteiger partial charge in [-0.1, -0.05) is 23.2 Å². The van der Waals surface area contributed by atoms with E-state index in [0.29, 0.717) is 10.6 Å². The molecular weight excluding hydrogens is 306 g/mol. The molecule has 0 saturated heterocycles. The molecule has 7 heteroatoms. The van der Waals surface area contributed by atoms with Crippen LogP contribution in [0.3, 0.4) is 0 Å². The third kappa shape index (κ3) is 5.15. The molecule has 0 aliphatic rings. The Morgan fingerprint density at radius 2 is 1.90 bits per heavy atom. The Morgan fingerprint density at radius 1 is 1.30 bits per heavy atom. The smallest absolute Gasteiger partial charge is 0.422 e. The highest BCUT2D eigenvalue weighted by Crippen LogP contribution is 2.28. The van der Waals surface area contributed by atoms with E-state index in [-0.39, 0.29) is 5.02 Å². The Labute approximate surface area is 127 Å². The van der Waals surface area contributed by atoms with Crippen LogP contribution in [0.4, 0.5) is 9.18 Å². The Bertz CT molecular complexity index is 504. The van der Waals surface area contributed by atoms with Crippen LogP contribution in [-0.2, 0) is 4.74 Å². The third-order valence-electron chi connectivity index (χ3n) is 2.30. The molecule has 1 atom stereocenters. The van der Waals surface area contributed by atoms with Crippen LogP contribution in [0.15, 0.2) is 12.1 Å². The molecule has 0 aromatic heterocycles. The van der Waals surface area contributed by atoms with Gasteiger partial charge in [0.05, 0.1) is 5.02 Å². The summed E-state index contributed by atoms with van der Waals surface area (Å²) in [4.78, 5) is 11.5. The van der Waals surface area contributed by atoms with Gasteiger partial charge in [-0.05, 0) is 45.4 Å². The van der Waals surface area contributed by atoms with E-state index < -0.39 is 23.6 Å². The SMILES string of the molecule is CC(NNC(=O)OC(C)(C)C)c1cc(F)c(Cl)cc1Cl. The summed E-state index contributed by atoms with van der Waals surface area (Å²) in [7, 11) is 0. The molecule has 0 fully saturated rings. The number of nitrogens with one attached hydrogen (secondary N) is 2. The monoisotopic (exact) mass is 322 g/mol. The lowest BCUT2D eigenvalue weighted by Crippen LogP contribution is -2.42. The van der Waals surface area contributed by atoms with Crippen molar-refractivity contribution >= 4 is 29.3 Å². The molecule has 0 aliphatic carbocycles. The van der Waals surface area contributed by atoms with Crippen LogP contribution >= 0.6 is 23.2 Å². The van der Waals surface area contributed by atoms with E-state index >= 15 is 0 Å². The Morgan fingerprint density at radius 3 is 2.45 bits per heavy atom. The predicted molar refractivity (Wildman–Crippen MR) is 77.3 cm³/mol. The average Bonchev–Trinajstić information content (AvgIpc) is 2.28. The second kappa shape index (κ2) is 6.61. The van der Waals surface area contributed by atoms with Crippen molar-refractivity contribution in [2.24, 2.45) is 0 Å². The molecule has 1 aromatic carbocycles. The van der Waals surface area contributed by atoms with E-state index in [4.69, 9.17) is 27.9 Å². The van der Waals surface area contributed by atoms with Gasteiger partial charge in [0.15, 0.2) is 0 Å². The Balaban J connectivity index is 2.66. The van der Waals surface area contributed by atoms with Crippen molar-refractivity contribution < 1.29 is 13.9 Å². The second-order valence-electron chi connectivity index (χ2n) is 5.28. The molecule has 2 N–H and O–H groups in total. The largest absolute Gasteiger partial charge is 0.443 e. The van der Waals surface area contributed by atoms with Crippen LogP contribution < -0.4 is 10.9 Å². The van der Waals surface area contributed by atoms with Crippen molar-refractivity contribution in [3.8, 4) is 0 Å². The van der Waals surface area contributed by atoms with Crippen molar-refractivity contribution in [1.82, 2.24) is 10.9 Å². The van der Waals surface area contributed by atoms with E-state index in [1.54, 1.807) is 27.7 Å². The zero-order valence-electron chi connectivity index (χ0n) is 11.7. The Hall–Kier alpha value is -1.04. The first-order valence-corrected chi connectivity index (χ1v) is 6.74. The van der Waals surface area contributed by atoms with Gasteiger partial charge in [-0.25, -0.2) is 14.6 Å². The predicted octanol–water partition coefficient (Wildman–Crippen LogP) is 4.22. The van der Waals surface area contributed by atoms with Gasteiger partial charge in [-0.15, -0.1) is 0 Å². The summed E-state index contributed by atoms with van der Waals surface area (Å²) >= 11 is 11.6. The van der Waals surface area contributed by atoms with Crippen molar-refractivity contribution in [1.29, 1.82) is 0 Å². The number of hydrazine groups is 1. The van der Waals surface area contributed by atoms with Gasteiger partial charge < -0.3 is 4.74 Å². The average molecular weight is 323 g/mol. The maximum absolute atomic E-state index is 13.4. The van der Waals surface area contributed by atoms with E-state index in [1.165, 1.54) is 12.1 Å². The van der Waals surface area contributed by atoms with Crippen LogP contribution in [0.25, 0.3) is 0 Å². The summed E-state index contributed by atoms with van der Waals surface area (Å²) in [6.07, 6.45) is -0.630. The molecule has 0 heterocycles. The zero-order valence-corrected chi connectivity index (χ0v) is 13.2. The number of hydrogen-bond acceptors (Lipinski definition) is 3. The van der Waals surface area contributed by atoms with E-state index in [0.717, 1.165) is 0 Å². The number of carbonyl (C=O) groups excluding carboxylic acids is 1. The highest BCUT2D eigenvalue weighted by Gasteiger charge is 2.18. The van der Waals surface area contributed by atoms with Crippen molar-refractivity contribution in [3.63, 3.8) is 0 Å². The number of ether oxygens (including phenoxy) is 1. The van der Waals surface area contributed by atoms with Gasteiger partial charge in [-0.3, -0.25) is 5.43 Å². The number of amides is 1. The van der Waals surface area contributed by atoms with E-state index in [9.17, 15) is 9.18 Å². The summed E-state index contributed by atoms with van der Waals surface area (Å²) in [6, 6.07) is 2.13. The van der Waals surface area contributed by atoms with Crippen molar-refractivity contribution in [3.05, 3.63) is 33.6 Å². The fourth-order valence-corrected chi connectivity index (χ4v) is 1.97. The molecule has 112 valence electrons. The maximum atomic E-state index is 13.4. The molecule has 20 heavy (non-hydrogen) atoms. The lowest BCUT2D eigenvalue weighted by atomic mass is 10.1. The van der Waals surface area contributed by atoms with Crippen LogP contribution in [0.2, 0.25) is 10.0 Å². The fraction of sp³-hybridized carbons (Fsp3) is 0.462. The molecule has 1 rings (SSSR count). The number of halogens is 3. The number of hydrogen-bond donors (Lipinski definition) is 2. The lowest BCUT2D eigenvalue weighted by Gasteiger charge is -2.22. The molecule has 0 spiro atoms. The summed E-state index contributed by atoms with van der Waals surface area (Å²) in [5.41, 5.74) is 4.94. The summed E-state index contributed by atoms with van der Waals surface area (Å²) in [5.74, 6) is -0.572. The molecule has 0 saturated carbocycles. The quantitative estimate of drug-likeness (QED) is 0.647. The van der Waals surface area contributed by atoms with Gasteiger partial charge in [-0.2, -0.15) is 0 Å². The van der Waals surface area contributed by atoms with Crippen LogP contribution in [0.5, 0.6) is 0 Å². The van der Waals surface area contributed by atoms with Gasteiger partial charge >= 0.3 is 6.09 Å². The first-order valence-electron chi connectivity index (χ1n) is 5.99. The van der Waals surface area contributed by atoms with Gasteiger partial charge in [0.2, 0.25) is 0 Å². The number of rotatable bonds is 3. The lowest BCUT2D eigenvalue weighted by molar-refractivity contribution is 0.0489. The van der Waals surface area contributed by atoms with E-state index in [1.807, 2.05) is 0 Å². The molecule has 0 radical (unpaired) electrons. The molecule has 1 amide bonds. The highest BCUT2D eigenvalue weighted by molar-refractivity contribution is 6.35. The molecular formula is C13H17Cl2FN2O2. The minimum atomic E-state index is -0.630. The third-order valence-corrected chi connectivity index (χ3v) is 2.91. The summed E-state index contributed by atoms with van der Waals surface area (Å²) in [6.45, 7) is 6.97. The van der Waals surface area contributed by atoms with Gasteiger partial charge in [0.25, 0.3) is 0 Å². The topological polar surface area (TPSA) is 50.4 Å². The van der Waals surface area contributed by atoms with Gasteiger partial charge in [0, 0.05) is 11.1 Å². The van der Waals surface area contributed by atoms with Gasteiger partial charge in [0.1, 0.15) is 11.4 Å². The second-order valence-corrected chi connectivity index (χ2v) is 6.10. The van der Waals surface area contributed by atoms with E-state index in [2.05, 4.69) is 10.9 Å². The van der Waals surface area contributed by atoms with Crippen molar-refractivity contribution in [2.75, 3.05) is 0 Å².